The van der Waals surface area contributed by atoms with E-state index in [4.69, 9.17) is 0 Å². The number of benzene rings is 2. The predicted molar refractivity (Wildman–Crippen MR) is 87.1 cm³/mol. The van der Waals surface area contributed by atoms with E-state index < -0.39 is 0 Å². The lowest BCUT2D eigenvalue weighted by molar-refractivity contribution is 0.102. The molecule has 1 aliphatic heterocycles. The Hall–Kier alpha value is -2.29. The molecule has 0 saturated heterocycles. The topological polar surface area (TPSA) is 41.1 Å². The van der Waals surface area contributed by atoms with Crippen molar-refractivity contribution in [3.63, 3.8) is 0 Å². The number of carbonyl (C=O) groups excluding carboxylic acids is 1. The van der Waals surface area contributed by atoms with E-state index >= 15 is 0 Å². The van der Waals surface area contributed by atoms with E-state index in [2.05, 4.69) is 23.6 Å². The summed E-state index contributed by atoms with van der Waals surface area (Å²) < 4.78 is 0. The van der Waals surface area contributed by atoms with Crippen molar-refractivity contribution in [1.29, 1.82) is 0 Å². The van der Waals surface area contributed by atoms with Crippen molar-refractivity contribution in [3.8, 4) is 0 Å². The molecule has 0 saturated carbocycles. The third-order valence-electron chi connectivity index (χ3n) is 4.16. The molecule has 2 N–H and O–H groups in total. The molecule has 0 aromatic heterocycles. The largest absolute Gasteiger partial charge is 0.385 e. The monoisotopic (exact) mass is 280 g/mol. The van der Waals surface area contributed by atoms with E-state index in [-0.39, 0.29) is 5.91 Å². The van der Waals surface area contributed by atoms with Gasteiger partial charge in [-0.3, -0.25) is 4.79 Å². The molecule has 1 heterocycles. The predicted octanol–water partition coefficient (Wildman–Crippen LogP) is 3.91. The summed E-state index contributed by atoms with van der Waals surface area (Å²) in [6.45, 7) is 5.10. The van der Waals surface area contributed by atoms with E-state index in [9.17, 15) is 4.79 Å². The first-order valence-electron chi connectivity index (χ1n) is 7.39. The Labute approximate surface area is 125 Å². The summed E-state index contributed by atoms with van der Waals surface area (Å²) in [7, 11) is 0. The van der Waals surface area contributed by atoms with Gasteiger partial charge >= 0.3 is 0 Å². The quantitative estimate of drug-likeness (QED) is 0.875. The summed E-state index contributed by atoms with van der Waals surface area (Å²) in [6.07, 6.45) is 2.15. The lowest BCUT2D eigenvalue weighted by atomic mass is 10.0. The van der Waals surface area contributed by atoms with Crippen molar-refractivity contribution in [2.75, 3.05) is 17.2 Å². The third-order valence-corrected chi connectivity index (χ3v) is 4.16. The van der Waals surface area contributed by atoms with Crippen LogP contribution >= 0.6 is 0 Å². The van der Waals surface area contributed by atoms with Gasteiger partial charge in [0.2, 0.25) is 0 Å². The number of nitrogens with one attached hydrogen (secondary N) is 2. The second-order valence-corrected chi connectivity index (χ2v) is 5.60. The first-order chi connectivity index (χ1) is 10.1. The molecular formula is C18H20N2O. The first-order valence-corrected chi connectivity index (χ1v) is 7.39. The highest BCUT2D eigenvalue weighted by atomic mass is 16.1. The fraction of sp³-hybridized carbons (Fsp3) is 0.278. The van der Waals surface area contributed by atoms with E-state index in [1.54, 1.807) is 0 Å². The van der Waals surface area contributed by atoms with Crippen LogP contribution in [0, 0.1) is 13.8 Å². The van der Waals surface area contributed by atoms with Gasteiger partial charge in [-0.1, -0.05) is 12.1 Å². The zero-order valence-electron chi connectivity index (χ0n) is 12.5. The van der Waals surface area contributed by atoms with Crippen LogP contribution in [0.5, 0.6) is 0 Å². The van der Waals surface area contributed by atoms with Crippen LogP contribution in [0.4, 0.5) is 11.4 Å². The van der Waals surface area contributed by atoms with Crippen LogP contribution in [-0.4, -0.2) is 12.5 Å². The van der Waals surface area contributed by atoms with Gasteiger partial charge in [-0.2, -0.15) is 0 Å². The van der Waals surface area contributed by atoms with Crippen molar-refractivity contribution >= 4 is 17.3 Å². The van der Waals surface area contributed by atoms with E-state index in [0.717, 1.165) is 41.9 Å². The Balaban J connectivity index is 1.84. The average Bonchev–Trinajstić information content (AvgIpc) is 2.51. The average molecular weight is 280 g/mol. The minimum absolute atomic E-state index is 0.0444. The minimum atomic E-state index is -0.0444. The Morgan fingerprint density at radius 2 is 2.05 bits per heavy atom. The number of aryl methyl sites for hydroxylation is 2. The molecule has 2 aromatic rings. The highest BCUT2D eigenvalue weighted by molar-refractivity contribution is 6.05. The summed E-state index contributed by atoms with van der Waals surface area (Å²) in [5, 5.41) is 6.38. The number of hydrogen-bond donors (Lipinski definition) is 2. The molecule has 0 spiro atoms. The van der Waals surface area contributed by atoms with E-state index in [1.807, 2.05) is 37.3 Å². The molecule has 108 valence electrons. The summed E-state index contributed by atoms with van der Waals surface area (Å²) >= 11 is 0. The van der Waals surface area contributed by atoms with Gasteiger partial charge in [0, 0.05) is 23.5 Å². The Kier molecular flexibility index (Phi) is 3.65. The fourth-order valence-electron chi connectivity index (χ4n) is 2.70. The summed E-state index contributed by atoms with van der Waals surface area (Å²) in [4.78, 5) is 12.4. The van der Waals surface area contributed by atoms with Crippen LogP contribution in [0.15, 0.2) is 36.4 Å². The molecular weight excluding hydrogens is 260 g/mol. The summed E-state index contributed by atoms with van der Waals surface area (Å²) in [5.41, 5.74) is 6.29. The summed E-state index contributed by atoms with van der Waals surface area (Å²) in [6, 6.07) is 11.9. The van der Waals surface area contributed by atoms with Crippen molar-refractivity contribution in [2.24, 2.45) is 0 Å². The molecule has 0 radical (unpaired) electrons. The first kappa shape index (κ1) is 13.7. The van der Waals surface area contributed by atoms with Gasteiger partial charge in [0.1, 0.15) is 0 Å². The number of carbonyl (C=O) groups is 1. The van der Waals surface area contributed by atoms with Gasteiger partial charge < -0.3 is 10.6 Å². The highest BCUT2D eigenvalue weighted by Crippen LogP contribution is 2.24. The maximum absolute atomic E-state index is 12.4. The Morgan fingerprint density at radius 3 is 2.90 bits per heavy atom. The van der Waals surface area contributed by atoms with Crippen LogP contribution in [0.3, 0.4) is 0 Å². The van der Waals surface area contributed by atoms with Crippen LogP contribution in [0.1, 0.15) is 33.5 Å². The molecule has 3 heteroatoms. The molecule has 2 aromatic carbocycles. The van der Waals surface area contributed by atoms with Crippen LogP contribution < -0.4 is 10.6 Å². The molecule has 0 bridgehead atoms. The second-order valence-electron chi connectivity index (χ2n) is 5.60. The molecule has 0 atom stereocenters. The maximum Gasteiger partial charge on any atom is 0.255 e. The third kappa shape index (κ3) is 2.77. The number of anilines is 2. The van der Waals surface area contributed by atoms with Crippen molar-refractivity contribution in [1.82, 2.24) is 0 Å². The number of amides is 1. The van der Waals surface area contributed by atoms with Crippen LogP contribution in [-0.2, 0) is 6.42 Å². The molecule has 0 fully saturated rings. The fourth-order valence-corrected chi connectivity index (χ4v) is 2.70. The van der Waals surface area contributed by atoms with Crippen LogP contribution in [0.2, 0.25) is 0 Å². The molecule has 0 unspecified atom stereocenters. The van der Waals surface area contributed by atoms with E-state index in [1.165, 1.54) is 11.1 Å². The Morgan fingerprint density at radius 1 is 1.19 bits per heavy atom. The van der Waals surface area contributed by atoms with Crippen LogP contribution in [0.25, 0.3) is 0 Å². The summed E-state index contributed by atoms with van der Waals surface area (Å²) in [5.74, 6) is -0.0444. The van der Waals surface area contributed by atoms with Gasteiger partial charge in [0.05, 0.1) is 0 Å². The standard InChI is InChI=1S/C18H20N2O/c1-12-5-3-7-16(13(12)2)20-18(21)15-8-9-17-14(11-15)6-4-10-19-17/h3,5,7-9,11,19H,4,6,10H2,1-2H3,(H,20,21). The molecule has 1 aliphatic rings. The Bertz CT molecular complexity index is 692. The molecule has 0 aliphatic carbocycles. The number of rotatable bonds is 2. The zero-order valence-corrected chi connectivity index (χ0v) is 12.5. The minimum Gasteiger partial charge on any atom is -0.385 e. The van der Waals surface area contributed by atoms with E-state index in [0.29, 0.717) is 0 Å². The smallest absolute Gasteiger partial charge is 0.255 e. The number of hydrogen-bond acceptors (Lipinski definition) is 2. The van der Waals surface area contributed by atoms with Gasteiger partial charge in [-0.15, -0.1) is 0 Å². The second kappa shape index (κ2) is 5.60. The molecule has 21 heavy (non-hydrogen) atoms. The number of fused-ring (bicyclic) bond motifs is 1. The van der Waals surface area contributed by atoms with Crippen molar-refractivity contribution in [2.45, 2.75) is 26.7 Å². The molecule has 3 nitrogen and oxygen atoms in total. The highest BCUT2D eigenvalue weighted by Gasteiger charge is 2.13. The maximum atomic E-state index is 12.4. The molecule has 3 rings (SSSR count). The zero-order chi connectivity index (χ0) is 14.8. The van der Waals surface area contributed by atoms with Gasteiger partial charge in [-0.25, -0.2) is 0 Å². The van der Waals surface area contributed by atoms with Crippen molar-refractivity contribution < 1.29 is 4.79 Å². The van der Waals surface area contributed by atoms with Gasteiger partial charge in [0.15, 0.2) is 0 Å². The SMILES string of the molecule is Cc1cccc(NC(=O)c2ccc3c(c2)CCCN3)c1C. The molecule has 1 amide bonds. The lowest BCUT2D eigenvalue weighted by Gasteiger charge is -2.18. The van der Waals surface area contributed by atoms with Gasteiger partial charge in [0.25, 0.3) is 5.91 Å². The van der Waals surface area contributed by atoms with Gasteiger partial charge in [-0.05, 0) is 67.6 Å². The van der Waals surface area contributed by atoms with Crippen molar-refractivity contribution in [3.05, 3.63) is 58.7 Å². The lowest BCUT2D eigenvalue weighted by Crippen LogP contribution is -2.16. The normalized spacial score (nSPS) is 13.2.